The molecule has 0 saturated carbocycles. The van der Waals surface area contributed by atoms with Gasteiger partial charge in [-0.25, -0.2) is 4.39 Å². The third-order valence-electron chi connectivity index (χ3n) is 3.43. The maximum atomic E-state index is 13.2. The van der Waals surface area contributed by atoms with Gasteiger partial charge in [0.05, 0.1) is 6.54 Å². The van der Waals surface area contributed by atoms with E-state index in [-0.39, 0.29) is 41.1 Å². The summed E-state index contributed by atoms with van der Waals surface area (Å²) in [6, 6.07) is 4.42. The molecule has 1 aromatic rings. The highest BCUT2D eigenvalue weighted by Crippen LogP contribution is 2.30. The number of guanidine groups is 1. The zero-order valence-electron chi connectivity index (χ0n) is 15.1. The first-order valence-corrected chi connectivity index (χ1v) is 8.36. The Morgan fingerprint density at radius 3 is 2.44 bits per heavy atom. The second kappa shape index (κ2) is 11.5. The summed E-state index contributed by atoms with van der Waals surface area (Å²) in [5.41, 5.74) is 0.508. The molecule has 8 heteroatoms. The van der Waals surface area contributed by atoms with Gasteiger partial charge >= 0.3 is 0 Å². The number of rotatable bonds is 7. The molecule has 1 amide bonds. The highest BCUT2D eigenvalue weighted by molar-refractivity contribution is 14.0. The molecule has 0 spiro atoms. The Morgan fingerprint density at radius 1 is 1.24 bits per heavy atom. The van der Waals surface area contributed by atoms with Crippen molar-refractivity contribution in [2.45, 2.75) is 33.1 Å². The standard InChI is InChI=1S/C17H26ClFN4O.HI/c1-5-20-16(22-9-8-21-12(2)24)23-11-17(3,4)14-7-6-13(19)10-15(14)18;/h6-7,10H,5,8-9,11H2,1-4H3,(H,21,24)(H2,20,22,23);1H. The van der Waals surface area contributed by atoms with Crippen LogP contribution in [0.25, 0.3) is 0 Å². The molecule has 25 heavy (non-hydrogen) atoms. The summed E-state index contributed by atoms with van der Waals surface area (Å²) >= 11 is 6.16. The summed E-state index contributed by atoms with van der Waals surface area (Å²) in [5.74, 6) is 0.246. The van der Waals surface area contributed by atoms with Gasteiger partial charge in [0, 0.05) is 37.0 Å². The normalized spacial score (nSPS) is 11.5. The molecule has 142 valence electrons. The van der Waals surface area contributed by atoms with Gasteiger partial charge in [0.15, 0.2) is 5.96 Å². The zero-order valence-corrected chi connectivity index (χ0v) is 18.2. The van der Waals surface area contributed by atoms with Gasteiger partial charge in [-0.05, 0) is 24.6 Å². The lowest BCUT2D eigenvalue weighted by Gasteiger charge is -2.25. The van der Waals surface area contributed by atoms with Crippen LogP contribution in [0.3, 0.4) is 0 Å². The van der Waals surface area contributed by atoms with E-state index in [4.69, 9.17) is 11.6 Å². The number of nitrogens with one attached hydrogen (secondary N) is 3. The lowest BCUT2D eigenvalue weighted by atomic mass is 9.84. The molecule has 0 heterocycles. The van der Waals surface area contributed by atoms with Crippen molar-refractivity contribution in [2.75, 3.05) is 26.2 Å². The van der Waals surface area contributed by atoms with Crippen molar-refractivity contribution >= 4 is 47.4 Å². The van der Waals surface area contributed by atoms with Gasteiger partial charge < -0.3 is 16.0 Å². The molecule has 0 radical (unpaired) electrons. The fourth-order valence-corrected chi connectivity index (χ4v) is 2.58. The smallest absolute Gasteiger partial charge is 0.216 e. The maximum absolute atomic E-state index is 13.2. The van der Waals surface area contributed by atoms with Crippen molar-refractivity contribution in [3.8, 4) is 0 Å². The van der Waals surface area contributed by atoms with Crippen LogP contribution in [0.2, 0.25) is 5.02 Å². The molecule has 0 aliphatic rings. The average molecular weight is 485 g/mol. The summed E-state index contributed by atoms with van der Waals surface area (Å²) < 4.78 is 13.2. The molecular weight excluding hydrogens is 458 g/mol. The highest BCUT2D eigenvalue weighted by Gasteiger charge is 2.23. The van der Waals surface area contributed by atoms with E-state index in [1.54, 1.807) is 6.07 Å². The van der Waals surface area contributed by atoms with Crippen molar-refractivity contribution < 1.29 is 9.18 Å². The van der Waals surface area contributed by atoms with Gasteiger partial charge in [-0.15, -0.1) is 24.0 Å². The molecule has 0 aliphatic heterocycles. The van der Waals surface area contributed by atoms with Gasteiger partial charge in [-0.2, -0.15) is 0 Å². The van der Waals surface area contributed by atoms with E-state index >= 15 is 0 Å². The number of hydrogen-bond donors (Lipinski definition) is 3. The van der Waals surface area contributed by atoms with Crippen molar-refractivity contribution in [3.05, 3.63) is 34.6 Å². The van der Waals surface area contributed by atoms with Gasteiger partial charge in [-0.1, -0.05) is 31.5 Å². The first kappa shape index (κ1) is 23.9. The monoisotopic (exact) mass is 484 g/mol. The third kappa shape index (κ3) is 8.71. The molecule has 0 aliphatic carbocycles. The van der Waals surface area contributed by atoms with Crippen LogP contribution >= 0.6 is 35.6 Å². The number of hydrogen-bond acceptors (Lipinski definition) is 2. The highest BCUT2D eigenvalue weighted by atomic mass is 127. The Bertz CT molecular complexity index is 596. The van der Waals surface area contributed by atoms with Gasteiger partial charge in [0.2, 0.25) is 5.91 Å². The maximum Gasteiger partial charge on any atom is 0.216 e. The summed E-state index contributed by atoms with van der Waals surface area (Å²) in [6.07, 6.45) is 0. The van der Waals surface area contributed by atoms with Crippen molar-refractivity contribution in [1.82, 2.24) is 16.0 Å². The van der Waals surface area contributed by atoms with Crippen LogP contribution in [0, 0.1) is 5.82 Å². The number of aliphatic imine (C=N–C) groups is 1. The van der Waals surface area contributed by atoms with E-state index in [9.17, 15) is 9.18 Å². The Labute approximate surface area is 171 Å². The van der Waals surface area contributed by atoms with Crippen LogP contribution in [-0.2, 0) is 10.2 Å². The summed E-state index contributed by atoms with van der Waals surface area (Å²) in [5, 5.41) is 9.43. The minimum absolute atomic E-state index is 0. The first-order chi connectivity index (χ1) is 11.3. The van der Waals surface area contributed by atoms with Gasteiger partial charge in [0.25, 0.3) is 0 Å². The number of carbonyl (C=O) groups is 1. The van der Waals surface area contributed by atoms with E-state index in [0.717, 1.165) is 12.1 Å². The topological polar surface area (TPSA) is 65.5 Å². The predicted octanol–water partition coefficient (Wildman–Crippen LogP) is 3.07. The van der Waals surface area contributed by atoms with E-state index in [2.05, 4.69) is 20.9 Å². The van der Waals surface area contributed by atoms with Crippen molar-refractivity contribution in [2.24, 2.45) is 4.99 Å². The number of nitrogens with zero attached hydrogens (tertiary/aromatic N) is 1. The first-order valence-electron chi connectivity index (χ1n) is 7.98. The molecule has 5 nitrogen and oxygen atoms in total. The van der Waals surface area contributed by atoms with Crippen molar-refractivity contribution in [1.29, 1.82) is 0 Å². The van der Waals surface area contributed by atoms with E-state index in [1.165, 1.54) is 19.1 Å². The number of halogens is 3. The minimum atomic E-state index is -0.351. The quantitative estimate of drug-likeness (QED) is 0.241. The fourth-order valence-electron chi connectivity index (χ4n) is 2.16. The molecule has 0 saturated heterocycles. The number of benzene rings is 1. The molecule has 0 aromatic heterocycles. The number of amides is 1. The Morgan fingerprint density at radius 2 is 1.88 bits per heavy atom. The van der Waals surface area contributed by atoms with Crippen LogP contribution in [0.4, 0.5) is 4.39 Å². The van der Waals surface area contributed by atoms with Crippen LogP contribution < -0.4 is 16.0 Å². The summed E-state index contributed by atoms with van der Waals surface area (Å²) in [6.45, 7) is 9.78. The Hall–Kier alpha value is -1.09. The Kier molecular flexibility index (Phi) is 11.0. The number of carbonyl (C=O) groups excluding carboxylic acids is 1. The van der Waals surface area contributed by atoms with Crippen LogP contribution in [0.1, 0.15) is 33.3 Å². The summed E-state index contributed by atoms with van der Waals surface area (Å²) in [7, 11) is 0. The lowest BCUT2D eigenvalue weighted by molar-refractivity contribution is -0.118. The lowest BCUT2D eigenvalue weighted by Crippen LogP contribution is -2.42. The molecule has 0 atom stereocenters. The molecular formula is C17H27ClFIN4O. The van der Waals surface area contributed by atoms with Crippen LogP contribution in [0.5, 0.6) is 0 Å². The molecule has 0 fully saturated rings. The molecule has 1 rings (SSSR count). The van der Waals surface area contributed by atoms with E-state index in [1.807, 2.05) is 20.8 Å². The largest absolute Gasteiger partial charge is 0.357 e. The van der Waals surface area contributed by atoms with Crippen LogP contribution in [0.15, 0.2) is 23.2 Å². The minimum Gasteiger partial charge on any atom is -0.357 e. The predicted molar refractivity (Wildman–Crippen MR) is 113 cm³/mol. The van der Waals surface area contributed by atoms with E-state index < -0.39 is 0 Å². The zero-order chi connectivity index (χ0) is 18.2. The third-order valence-corrected chi connectivity index (χ3v) is 3.74. The van der Waals surface area contributed by atoms with Crippen molar-refractivity contribution in [3.63, 3.8) is 0 Å². The second-order valence-electron chi connectivity index (χ2n) is 6.11. The summed E-state index contributed by atoms with van der Waals surface area (Å²) in [4.78, 5) is 15.4. The SMILES string of the molecule is CCNC(=NCC(C)(C)c1ccc(F)cc1Cl)NCCNC(C)=O.I. The van der Waals surface area contributed by atoms with Gasteiger partial charge in [-0.3, -0.25) is 9.79 Å². The fraction of sp³-hybridized carbons (Fsp3) is 0.529. The Balaban J connectivity index is 0.00000576. The van der Waals surface area contributed by atoms with Gasteiger partial charge in [0.1, 0.15) is 5.82 Å². The molecule has 1 aromatic carbocycles. The second-order valence-corrected chi connectivity index (χ2v) is 6.52. The van der Waals surface area contributed by atoms with E-state index in [0.29, 0.717) is 30.6 Å². The van der Waals surface area contributed by atoms with Crippen LogP contribution in [-0.4, -0.2) is 38.0 Å². The molecule has 3 N–H and O–H groups in total. The molecule has 0 bridgehead atoms. The molecule has 0 unspecified atom stereocenters. The average Bonchev–Trinajstić information content (AvgIpc) is 2.48.